The van der Waals surface area contributed by atoms with Gasteiger partial charge in [-0.3, -0.25) is 0 Å². The van der Waals surface area contributed by atoms with E-state index >= 15 is 0 Å². The number of benzene rings is 2. The Bertz CT molecular complexity index is 1260. The molecule has 0 aliphatic carbocycles. The summed E-state index contributed by atoms with van der Waals surface area (Å²) in [6.07, 6.45) is 5.47. The Hall–Kier alpha value is -3.86. The summed E-state index contributed by atoms with van der Waals surface area (Å²) in [6, 6.07) is 19.3. The molecule has 4 aromatic rings. The molecule has 0 saturated carbocycles. The number of aromatic nitrogens is 2. The van der Waals surface area contributed by atoms with Crippen LogP contribution < -0.4 is 15.0 Å². The van der Waals surface area contributed by atoms with Crippen LogP contribution in [0.3, 0.4) is 0 Å². The summed E-state index contributed by atoms with van der Waals surface area (Å²) < 4.78 is 11.8. The third-order valence-electron chi connectivity index (χ3n) is 5.35. The first-order valence-corrected chi connectivity index (χ1v) is 11.2. The second-order valence-corrected chi connectivity index (χ2v) is 8.01. The van der Waals surface area contributed by atoms with Gasteiger partial charge in [0.15, 0.2) is 11.6 Å². The highest BCUT2D eigenvalue weighted by Crippen LogP contribution is 2.31. The maximum atomic E-state index is 9.95. The van der Waals surface area contributed by atoms with Gasteiger partial charge in [-0.15, -0.1) is 12.3 Å². The standard InChI is InChI=1S/C27H28N4O3/c1-4-5-13-31(3)26-16-23(25-15-19-9-6-7-12-24(19)34-25)29-27(30-26)20-10-8-11-22(14-20)33-18-21(32)17-28-2/h1,6-12,14-16,21,28,32H,5,13,17-18H2,2-3H3. The number of furan rings is 1. The van der Waals surface area contributed by atoms with Crippen LogP contribution in [0.1, 0.15) is 6.42 Å². The molecule has 0 radical (unpaired) electrons. The van der Waals surface area contributed by atoms with E-state index in [1.165, 1.54) is 0 Å². The van der Waals surface area contributed by atoms with Gasteiger partial charge in [-0.25, -0.2) is 9.97 Å². The highest BCUT2D eigenvalue weighted by atomic mass is 16.5. The number of ether oxygens (including phenoxy) is 1. The van der Waals surface area contributed by atoms with Gasteiger partial charge in [-0.2, -0.15) is 0 Å². The number of aliphatic hydroxyl groups excluding tert-OH is 1. The lowest BCUT2D eigenvalue weighted by Gasteiger charge is -2.18. The maximum absolute atomic E-state index is 9.95. The maximum Gasteiger partial charge on any atom is 0.162 e. The van der Waals surface area contributed by atoms with Crippen LogP contribution in [-0.4, -0.2) is 55.0 Å². The quantitative estimate of drug-likeness (QED) is 0.349. The molecule has 0 aliphatic rings. The Balaban J connectivity index is 1.71. The van der Waals surface area contributed by atoms with Crippen LogP contribution >= 0.6 is 0 Å². The van der Waals surface area contributed by atoms with Crippen LogP contribution in [0.15, 0.2) is 65.1 Å². The third kappa shape index (κ3) is 5.54. The molecule has 2 N–H and O–H groups in total. The van der Waals surface area contributed by atoms with Crippen molar-refractivity contribution in [3.63, 3.8) is 0 Å². The van der Waals surface area contributed by atoms with E-state index in [-0.39, 0.29) is 6.61 Å². The SMILES string of the molecule is C#CCCN(C)c1cc(-c2cc3ccccc3o2)nc(-c2cccc(OCC(O)CNC)c2)n1. The molecule has 1 unspecified atom stereocenters. The smallest absolute Gasteiger partial charge is 0.162 e. The van der Waals surface area contributed by atoms with Crippen molar-refractivity contribution in [2.75, 3.05) is 38.7 Å². The number of anilines is 1. The molecule has 0 spiro atoms. The number of nitrogens with zero attached hydrogens (tertiary/aromatic N) is 3. The van der Waals surface area contributed by atoms with E-state index in [1.54, 1.807) is 7.05 Å². The van der Waals surface area contributed by atoms with Gasteiger partial charge >= 0.3 is 0 Å². The van der Waals surface area contributed by atoms with Crippen LogP contribution in [0, 0.1) is 12.3 Å². The van der Waals surface area contributed by atoms with Gasteiger partial charge in [0, 0.05) is 43.6 Å². The molecular formula is C27H28N4O3. The molecule has 0 saturated heterocycles. The Kier molecular flexibility index (Phi) is 7.43. The van der Waals surface area contributed by atoms with Gasteiger partial charge in [0.25, 0.3) is 0 Å². The van der Waals surface area contributed by atoms with Crippen molar-refractivity contribution in [2.45, 2.75) is 12.5 Å². The highest BCUT2D eigenvalue weighted by Gasteiger charge is 2.15. The first kappa shape index (κ1) is 23.3. The number of fused-ring (bicyclic) bond motifs is 1. The Morgan fingerprint density at radius 3 is 2.79 bits per heavy atom. The van der Waals surface area contributed by atoms with E-state index in [1.807, 2.05) is 72.6 Å². The van der Waals surface area contributed by atoms with Gasteiger partial charge in [0.2, 0.25) is 0 Å². The minimum Gasteiger partial charge on any atom is -0.491 e. The second-order valence-electron chi connectivity index (χ2n) is 8.01. The van der Waals surface area contributed by atoms with E-state index < -0.39 is 6.10 Å². The number of para-hydroxylation sites is 1. The minimum atomic E-state index is -0.599. The number of terminal acetylenes is 1. The predicted molar refractivity (Wildman–Crippen MR) is 135 cm³/mol. The summed E-state index contributed by atoms with van der Waals surface area (Å²) in [6.45, 7) is 1.30. The molecule has 34 heavy (non-hydrogen) atoms. The second kappa shape index (κ2) is 10.8. The number of hydrogen-bond donors (Lipinski definition) is 2. The molecule has 0 bridgehead atoms. The Labute approximate surface area is 199 Å². The monoisotopic (exact) mass is 456 g/mol. The van der Waals surface area contributed by atoms with Crippen molar-refractivity contribution in [3.8, 4) is 40.9 Å². The molecule has 2 aromatic heterocycles. The number of nitrogens with one attached hydrogen (secondary N) is 1. The van der Waals surface area contributed by atoms with Crippen molar-refractivity contribution in [3.05, 3.63) is 60.7 Å². The fourth-order valence-corrected chi connectivity index (χ4v) is 3.55. The van der Waals surface area contributed by atoms with E-state index in [2.05, 4.69) is 11.2 Å². The number of hydrogen-bond acceptors (Lipinski definition) is 7. The van der Waals surface area contributed by atoms with Crippen molar-refractivity contribution >= 4 is 16.8 Å². The van der Waals surface area contributed by atoms with E-state index in [4.69, 9.17) is 25.5 Å². The van der Waals surface area contributed by atoms with Crippen LogP contribution in [-0.2, 0) is 0 Å². The van der Waals surface area contributed by atoms with Gasteiger partial charge < -0.3 is 24.5 Å². The zero-order valence-electron chi connectivity index (χ0n) is 19.4. The van der Waals surface area contributed by atoms with Gasteiger partial charge in [0.1, 0.15) is 35.6 Å². The molecule has 0 aliphatic heterocycles. The fourth-order valence-electron chi connectivity index (χ4n) is 3.55. The third-order valence-corrected chi connectivity index (χ3v) is 5.35. The van der Waals surface area contributed by atoms with Gasteiger partial charge in [0.05, 0.1) is 0 Å². The fraction of sp³-hybridized carbons (Fsp3) is 0.259. The van der Waals surface area contributed by atoms with Crippen LogP contribution in [0.25, 0.3) is 33.8 Å². The lowest BCUT2D eigenvalue weighted by molar-refractivity contribution is 0.108. The molecule has 1 atom stereocenters. The largest absolute Gasteiger partial charge is 0.491 e. The van der Waals surface area contributed by atoms with E-state index in [0.717, 1.165) is 22.4 Å². The first-order chi connectivity index (χ1) is 16.6. The zero-order chi connectivity index (χ0) is 23.9. The summed E-state index contributed by atoms with van der Waals surface area (Å²) in [5.41, 5.74) is 2.28. The van der Waals surface area contributed by atoms with Crippen molar-refractivity contribution < 1.29 is 14.3 Å². The lowest BCUT2D eigenvalue weighted by Crippen LogP contribution is -2.29. The zero-order valence-corrected chi connectivity index (χ0v) is 19.4. The topological polar surface area (TPSA) is 83.7 Å². The van der Waals surface area contributed by atoms with Gasteiger partial charge in [-0.1, -0.05) is 30.3 Å². The van der Waals surface area contributed by atoms with Crippen LogP contribution in [0.2, 0.25) is 0 Å². The normalized spacial score (nSPS) is 11.8. The Morgan fingerprint density at radius 2 is 2.00 bits per heavy atom. The van der Waals surface area contributed by atoms with Crippen molar-refractivity contribution in [1.29, 1.82) is 0 Å². The lowest BCUT2D eigenvalue weighted by atomic mass is 10.2. The Morgan fingerprint density at radius 1 is 1.15 bits per heavy atom. The minimum absolute atomic E-state index is 0.185. The highest BCUT2D eigenvalue weighted by molar-refractivity contribution is 5.82. The molecule has 174 valence electrons. The molecule has 7 nitrogen and oxygen atoms in total. The average Bonchev–Trinajstić information content (AvgIpc) is 3.31. The molecule has 0 amide bonds. The molecular weight excluding hydrogens is 428 g/mol. The number of likely N-dealkylation sites (N-methyl/N-ethyl adjacent to an activating group) is 1. The summed E-state index contributed by atoms with van der Waals surface area (Å²) in [5.74, 6) is 5.26. The summed E-state index contributed by atoms with van der Waals surface area (Å²) in [7, 11) is 3.74. The van der Waals surface area contributed by atoms with Crippen LogP contribution in [0.4, 0.5) is 5.82 Å². The number of rotatable bonds is 10. The average molecular weight is 457 g/mol. The van der Waals surface area contributed by atoms with Crippen molar-refractivity contribution in [1.82, 2.24) is 15.3 Å². The summed E-state index contributed by atoms with van der Waals surface area (Å²) >= 11 is 0. The summed E-state index contributed by atoms with van der Waals surface area (Å²) in [4.78, 5) is 11.6. The predicted octanol–water partition coefficient (Wildman–Crippen LogP) is 3.98. The number of aliphatic hydroxyl groups is 1. The van der Waals surface area contributed by atoms with Crippen molar-refractivity contribution in [2.24, 2.45) is 0 Å². The summed E-state index contributed by atoms with van der Waals surface area (Å²) in [5, 5.41) is 13.9. The molecule has 2 aromatic carbocycles. The molecule has 4 rings (SSSR count). The first-order valence-electron chi connectivity index (χ1n) is 11.2. The van der Waals surface area contributed by atoms with E-state index in [9.17, 15) is 5.11 Å². The van der Waals surface area contributed by atoms with Gasteiger partial charge in [-0.05, 0) is 31.3 Å². The molecule has 7 heteroatoms. The molecule has 0 fully saturated rings. The van der Waals surface area contributed by atoms with Crippen LogP contribution in [0.5, 0.6) is 5.75 Å². The van der Waals surface area contributed by atoms with E-state index in [0.29, 0.717) is 42.5 Å². The molecule has 2 heterocycles.